The summed E-state index contributed by atoms with van der Waals surface area (Å²) in [6, 6.07) is 0.292. The van der Waals surface area contributed by atoms with E-state index in [4.69, 9.17) is 9.47 Å². The highest BCUT2D eigenvalue weighted by Crippen LogP contribution is 2.50. The molecule has 36 heavy (non-hydrogen) atoms. The lowest BCUT2D eigenvalue weighted by Gasteiger charge is -2.59. The van der Waals surface area contributed by atoms with Crippen molar-refractivity contribution >= 4 is 23.5 Å². The van der Waals surface area contributed by atoms with Gasteiger partial charge in [-0.05, 0) is 50.2 Å². The van der Waals surface area contributed by atoms with Crippen LogP contribution in [-0.2, 0) is 25.5 Å². The second-order valence-electron chi connectivity index (χ2n) is 11.1. The molecular weight excluding hydrogens is 474 g/mol. The Kier molecular flexibility index (Phi) is 7.08. The molecule has 3 saturated carbocycles. The van der Waals surface area contributed by atoms with E-state index in [0.717, 1.165) is 55.4 Å². The van der Waals surface area contributed by atoms with E-state index in [1.54, 1.807) is 19.3 Å². The summed E-state index contributed by atoms with van der Waals surface area (Å²) in [6.45, 7) is 2.07. The summed E-state index contributed by atoms with van der Waals surface area (Å²) in [5.41, 5.74) is 1.24. The van der Waals surface area contributed by atoms with Gasteiger partial charge in [-0.15, -0.1) is 0 Å². The number of carbonyl (C=O) groups excluding carboxylic acids is 2. The van der Waals surface area contributed by atoms with Crippen LogP contribution >= 0.6 is 11.8 Å². The predicted molar refractivity (Wildman–Crippen MR) is 137 cm³/mol. The molecule has 8 heteroatoms. The van der Waals surface area contributed by atoms with Crippen LogP contribution in [0.5, 0.6) is 0 Å². The average molecular weight is 512 g/mol. The second kappa shape index (κ2) is 10.4. The second-order valence-corrected chi connectivity index (χ2v) is 12.5. The van der Waals surface area contributed by atoms with Gasteiger partial charge in [-0.3, -0.25) is 14.8 Å². The van der Waals surface area contributed by atoms with Gasteiger partial charge in [0, 0.05) is 42.4 Å². The minimum absolute atomic E-state index is 0.0307. The number of hydrogen-bond acceptors (Lipinski definition) is 8. The molecule has 0 bridgehead atoms. The van der Waals surface area contributed by atoms with Crippen molar-refractivity contribution in [2.45, 2.75) is 94.3 Å². The fraction of sp³-hybridized carbons (Fsp3) is 0.714. The number of esters is 1. The highest BCUT2D eigenvalue weighted by molar-refractivity contribution is 7.99. The van der Waals surface area contributed by atoms with Gasteiger partial charge in [0.2, 0.25) is 0 Å². The minimum Gasteiger partial charge on any atom is -0.462 e. The van der Waals surface area contributed by atoms with E-state index in [2.05, 4.69) is 14.9 Å². The third kappa shape index (κ3) is 4.60. The Morgan fingerprint density at radius 3 is 2.75 bits per heavy atom. The molecule has 4 fully saturated rings. The Labute approximate surface area is 217 Å². The number of rotatable bonds is 6. The van der Waals surface area contributed by atoms with E-state index in [-0.39, 0.29) is 48.2 Å². The third-order valence-electron chi connectivity index (χ3n) is 9.16. The molecule has 0 radical (unpaired) electrons. The van der Waals surface area contributed by atoms with E-state index < -0.39 is 5.97 Å². The third-order valence-corrected chi connectivity index (χ3v) is 10.5. The van der Waals surface area contributed by atoms with Crippen LogP contribution in [0.15, 0.2) is 30.4 Å². The predicted octanol–water partition coefficient (Wildman–Crippen LogP) is 3.97. The van der Waals surface area contributed by atoms with Gasteiger partial charge < -0.3 is 14.4 Å². The number of ether oxygens (including phenoxy) is 2. The topological polar surface area (TPSA) is 81.6 Å². The van der Waals surface area contributed by atoms with Crippen molar-refractivity contribution < 1.29 is 19.1 Å². The number of ketones is 1. The Balaban J connectivity index is 1.24. The Morgan fingerprint density at radius 1 is 1.14 bits per heavy atom. The molecular formula is C28H37N3O4S. The molecule has 2 aliphatic heterocycles. The number of Topliss-reactive ketones (excluding diaryl/α,β-unsaturated/α-hetero) is 1. The molecule has 8 unspecified atom stereocenters. The van der Waals surface area contributed by atoms with Gasteiger partial charge in [0.15, 0.2) is 5.78 Å². The summed E-state index contributed by atoms with van der Waals surface area (Å²) in [4.78, 5) is 37.5. The number of aromatic nitrogens is 2. The molecule has 0 aromatic carbocycles. The van der Waals surface area contributed by atoms with Gasteiger partial charge in [0.05, 0.1) is 36.6 Å². The maximum absolute atomic E-state index is 13.7. The first-order valence-electron chi connectivity index (χ1n) is 13.8. The van der Waals surface area contributed by atoms with Crippen molar-refractivity contribution in [3.05, 3.63) is 36.1 Å². The van der Waals surface area contributed by atoms with Crippen molar-refractivity contribution in [2.75, 3.05) is 12.4 Å². The first-order chi connectivity index (χ1) is 17.6. The molecule has 0 N–H and O–H groups in total. The highest BCUT2D eigenvalue weighted by atomic mass is 32.2. The van der Waals surface area contributed by atoms with Crippen molar-refractivity contribution in [3.8, 4) is 0 Å². The maximum Gasteiger partial charge on any atom is 0.343 e. The fourth-order valence-corrected chi connectivity index (χ4v) is 8.91. The van der Waals surface area contributed by atoms with E-state index in [0.29, 0.717) is 5.25 Å². The van der Waals surface area contributed by atoms with Gasteiger partial charge in [-0.25, -0.2) is 4.79 Å². The Morgan fingerprint density at radius 2 is 1.97 bits per heavy atom. The number of morpholine rings is 1. The largest absolute Gasteiger partial charge is 0.462 e. The molecule has 1 saturated heterocycles. The van der Waals surface area contributed by atoms with Crippen molar-refractivity contribution in [3.63, 3.8) is 0 Å². The molecule has 0 spiro atoms. The summed E-state index contributed by atoms with van der Waals surface area (Å²) in [5, 5.41) is 0.322. The van der Waals surface area contributed by atoms with Crippen LogP contribution in [0.1, 0.15) is 64.0 Å². The van der Waals surface area contributed by atoms with E-state index in [9.17, 15) is 9.59 Å². The zero-order valence-electron chi connectivity index (χ0n) is 21.1. The van der Waals surface area contributed by atoms with Crippen molar-refractivity contribution in [2.24, 2.45) is 17.8 Å². The van der Waals surface area contributed by atoms with Gasteiger partial charge in [0.1, 0.15) is 5.57 Å². The minimum atomic E-state index is -0.468. The van der Waals surface area contributed by atoms with Crippen LogP contribution in [0, 0.1) is 17.8 Å². The van der Waals surface area contributed by atoms with Crippen LogP contribution in [0.4, 0.5) is 0 Å². The quantitative estimate of drug-likeness (QED) is 0.419. The number of thioether (sulfide) groups is 1. The first kappa shape index (κ1) is 24.4. The smallest absolute Gasteiger partial charge is 0.343 e. The highest BCUT2D eigenvalue weighted by Gasteiger charge is 2.56. The van der Waals surface area contributed by atoms with E-state index in [1.165, 1.54) is 25.7 Å². The van der Waals surface area contributed by atoms with Crippen molar-refractivity contribution in [1.29, 1.82) is 0 Å². The fourth-order valence-electron chi connectivity index (χ4n) is 7.58. The summed E-state index contributed by atoms with van der Waals surface area (Å²) >= 11 is 1.91. The molecule has 1 aromatic rings. The normalized spacial score (nSPS) is 37.3. The standard InChI is InChI=1S/C28H37N3O4S/c1-2-34-28(33)22-16-31-23-11-17-5-3-4-6-18(17)12-24(23)35-25-14-20(13-21(26(25)31)27(22)32)36-10-7-19-15-29-8-9-30-19/h8-9,15-18,20-21,23-26H,2-7,10-14H2,1H3. The van der Waals surface area contributed by atoms with Crippen LogP contribution < -0.4 is 0 Å². The molecule has 7 nitrogen and oxygen atoms in total. The van der Waals surface area contributed by atoms with Gasteiger partial charge in [-0.2, -0.15) is 11.8 Å². The summed E-state index contributed by atoms with van der Waals surface area (Å²) in [7, 11) is 0. The monoisotopic (exact) mass is 511 g/mol. The van der Waals surface area contributed by atoms with Crippen LogP contribution in [0.25, 0.3) is 0 Å². The molecule has 3 heterocycles. The van der Waals surface area contributed by atoms with Gasteiger partial charge in [-0.1, -0.05) is 25.7 Å². The number of fused-ring (bicyclic) bond motifs is 3. The number of nitrogens with zero attached hydrogens (tertiary/aromatic N) is 3. The Hall–Kier alpha value is -1.93. The lowest BCUT2D eigenvalue weighted by molar-refractivity contribution is -0.192. The molecule has 5 aliphatic rings. The molecule has 0 amide bonds. The molecule has 8 atom stereocenters. The van der Waals surface area contributed by atoms with Gasteiger partial charge in [0.25, 0.3) is 0 Å². The van der Waals surface area contributed by atoms with E-state index in [1.807, 2.05) is 24.2 Å². The van der Waals surface area contributed by atoms with Crippen LogP contribution in [-0.4, -0.2) is 68.5 Å². The van der Waals surface area contributed by atoms with Gasteiger partial charge >= 0.3 is 5.97 Å². The zero-order chi connectivity index (χ0) is 24.6. The number of hydrogen-bond donors (Lipinski definition) is 0. The molecule has 6 rings (SSSR count). The molecule has 194 valence electrons. The maximum atomic E-state index is 13.7. The van der Waals surface area contributed by atoms with E-state index >= 15 is 0 Å². The summed E-state index contributed by atoms with van der Waals surface area (Å²) < 4.78 is 12.2. The first-order valence-corrected chi connectivity index (χ1v) is 14.9. The zero-order valence-corrected chi connectivity index (χ0v) is 21.9. The lowest BCUT2D eigenvalue weighted by Crippen LogP contribution is -2.68. The van der Waals surface area contributed by atoms with Crippen LogP contribution in [0.3, 0.4) is 0 Å². The summed E-state index contributed by atoms with van der Waals surface area (Å²) in [5.74, 6) is 1.70. The Bertz CT molecular complexity index is 1000. The molecule has 3 aliphatic carbocycles. The summed E-state index contributed by atoms with van der Waals surface area (Å²) in [6.07, 6.45) is 17.4. The van der Waals surface area contributed by atoms with Crippen LogP contribution in [0.2, 0.25) is 0 Å². The number of aryl methyl sites for hydroxylation is 1. The van der Waals surface area contributed by atoms with Crippen molar-refractivity contribution in [1.82, 2.24) is 14.9 Å². The SMILES string of the molecule is CCOC(=O)C1=CN2C3CC4CCCCC4CC3OC3CC(SCCc4cnccn4)CC(C1=O)C32. The lowest BCUT2D eigenvalue weighted by atomic mass is 9.65. The average Bonchev–Trinajstić information content (AvgIpc) is 2.89. The molecule has 1 aromatic heterocycles. The number of carbonyl (C=O) groups is 2.